The van der Waals surface area contributed by atoms with Crippen LogP contribution in [0, 0.1) is 0 Å². The molecule has 1 aliphatic heterocycles. The van der Waals surface area contributed by atoms with E-state index in [-0.39, 0.29) is 23.6 Å². The Kier molecular flexibility index (Phi) is 7.93. The van der Waals surface area contributed by atoms with Gasteiger partial charge in [0.1, 0.15) is 11.3 Å². The average molecular weight is 592 g/mol. The van der Waals surface area contributed by atoms with Gasteiger partial charge in [-0.3, -0.25) is 9.59 Å². The van der Waals surface area contributed by atoms with Crippen LogP contribution in [0.3, 0.4) is 0 Å². The molecule has 1 unspecified atom stereocenters. The van der Waals surface area contributed by atoms with Gasteiger partial charge in [0, 0.05) is 11.0 Å². The fourth-order valence-electron chi connectivity index (χ4n) is 4.84. The van der Waals surface area contributed by atoms with Gasteiger partial charge in [-0.15, -0.1) is 0 Å². The normalized spacial score (nSPS) is 14.5. The number of rotatable bonds is 10. The Morgan fingerprint density at radius 1 is 0.949 bits per heavy atom. The number of unbranched alkanes of at least 4 members (excludes halogenated alkanes) is 1. The Bertz CT molecular complexity index is 1560. The quantitative estimate of drug-likeness (QED) is 0.187. The third kappa shape index (κ3) is 5.26. The largest absolute Gasteiger partial charge is 0.497 e. The molecule has 202 valence electrons. The number of carbonyl (C=O) groups excluding carboxylic acids is 1. The van der Waals surface area contributed by atoms with Crippen LogP contribution in [0.4, 0.5) is 0 Å². The van der Waals surface area contributed by atoms with Crippen molar-refractivity contribution < 1.29 is 23.4 Å². The van der Waals surface area contributed by atoms with Crippen LogP contribution in [0.15, 0.2) is 74.3 Å². The fraction of sp³-hybridized carbons (Fsp3) is 0.290. The summed E-state index contributed by atoms with van der Waals surface area (Å²) in [4.78, 5) is 29.4. The summed E-state index contributed by atoms with van der Waals surface area (Å²) in [5, 5.41) is 0.414. The maximum Gasteiger partial charge on any atom is 0.291 e. The summed E-state index contributed by atoms with van der Waals surface area (Å²) in [6, 6.07) is 17.7. The molecule has 4 aromatic rings. The molecule has 2 heterocycles. The highest BCUT2D eigenvalue weighted by Crippen LogP contribution is 2.42. The lowest BCUT2D eigenvalue weighted by Crippen LogP contribution is -2.29. The first-order valence-electron chi connectivity index (χ1n) is 13.0. The van der Waals surface area contributed by atoms with Crippen LogP contribution >= 0.6 is 15.9 Å². The number of methoxy groups -OCH3 is 1. The molecule has 0 radical (unpaired) electrons. The fourth-order valence-corrected chi connectivity index (χ4v) is 5.20. The standard InChI is InChI=1S/C31H30BrNO6/c1-4-6-15-38-25-13-9-20(16-26(25)37-5-2)28-27-29(34)23-17-21(32)10-14-24(23)39-30(27)31(35)33(28)18-19-7-11-22(36-3)12-8-19/h7-14,16-17,28H,4-6,15,18H2,1-3H3. The summed E-state index contributed by atoms with van der Waals surface area (Å²) < 4.78 is 24.0. The van der Waals surface area contributed by atoms with Crippen molar-refractivity contribution in [1.82, 2.24) is 4.90 Å². The Hall–Kier alpha value is -3.78. The second kappa shape index (κ2) is 11.5. The van der Waals surface area contributed by atoms with Gasteiger partial charge in [0.15, 0.2) is 16.9 Å². The van der Waals surface area contributed by atoms with Crippen LogP contribution in [-0.4, -0.2) is 31.1 Å². The zero-order chi connectivity index (χ0) is 27.5. The third-order valence-corrected chi connectivity index (χ3v) is 7.27. The number of fused-ring (bicyclic) bond motifs is 2. The molecule has 1 amide bonds. The van der Waals surface area contributed by atoms with Gasteiger partial charge in [-0.05, 0) is 66.9 Å². The molecule has 3 aromatic carbocycles. The SMILES string of the molecule is CCCCOc1ccc(C2c3c(oc4ccc(Br)cc4c3=O)C(=O)N2Cc2ccc(OC)cc2)cc1OCC. The second-order valence-electron chi connectivity index (χ2n) is 9.34. The maximum absolute atomic E-state index is 13.9. The number of nitrogens with zero attached hydrogens (tertiary/aromatic N) is 1. The van der Waals surface area contributed by atoms with Crippen LogP contribution in [-0.2, 0) is 6.54 Å². The van der Waals surface area contributed by atoms with Gasteiger partial charge in [0.05, 0.1) is 37.3 Å². The van der Waals surface area contributed by atoms with E-state index < -0.39 is 6.04 Å². The van der Waals surface area contributed by atoms with Crippen molar-refractivity contribution >= 4 is 32.8 Å². The van der Waals surface area contributed by atoms with E-state index in [1.807, 2.05) is 49.4 Å². The topological polar surface area (TPSA) is 78.2 Å². The lowest BCUT2D eigenvalue weighted by molar-refractivity contribution is 0.0714. The maximum atomic E-state index is 13.9. The molecule has 0 N–H and O–H groups in total. The molecule has 1 aliphatic rings. The molecule has 0 saturated carbocycles. The van der Waals surface area contributed by atoms with Gasteiger partial charge < -0.3 is 23.5 Å². The molecule has 0 fully saturated rings. The van der Waals surface area contributed by atoms with E-state index in [1.54, 1.807) is 30.2 Å². The summed E-state index contributed by atoms with van der Waals surface area (Å²) in [7, 11) is 1.61. The van der Waals surface area contributed by atoms with Gasteiger partial charge in [0.25, 0.3) is 5.91 Å². The summed E-state index contributed by atoms with van der Waals surface area (Å²) >= 11 is 3.45. The zero-order valence-corrected chi connectivity index (χ0v) is 23.7. The molecular formula is C31H30BrNO6. The van der Waals surface area contributed by atoms with Crippen molar-refractivity contribution in [1.29, 1.82) is 0 Å². The van der Waals surface area contributed by atoms with Crippen LogP contribution in [0.5, 0.6) is 17.2 Å². The molecule has 0 spiro atoms. The first-order chi connectivity index (χ1) is 18.9. The van der Waals surface area contributed by atoms with Crippen molar-refractivity contribution in [3.63, 3.8) is 0 Å². The number of ether oxygens (including phenoxy) is 3. The minimum Gasteiger partial charge on any atom is -0.497 e. The molecule has 1 atom stereocenters. The number of amides is 1. The summed E-state index contributed by atoms with van der Waals surface area (Å²) in [6.07, 6.45) is 1.94. The minimum atomic E-state index is -0.668. The predicted octanol–water partition coefficient (Wildman–Crippen LogP) is 6.89. The third-order valence-electron chi connectivity index (χ3n) is 6.78. The Balaban J connectivity index is 1.65. The first-order valence-corrected chi connectivity index (χ1v) is 13.8. The first kappa shape index (κ1) is 26.8. The van der Waals surface area contributed by atoms with Crippen LogP contribution < -0.4 is 19.6 Å². The molecule has 0 saturated heterocycles. The minimum absolute atomic E-state index is 0.0644. The summed E-state index contributed by atoms with van der Waals surface area (Å²) in [6.45, 7) is 5.32. The van der Waals surface area contributed by atoms with Crippen LogP contribution in [0.2, 0.25) is 0 Å². The van der Waals surface area contributed by atoms with Crippen LogP contribution in [0.25, 0.3) is 11.0 Å². The molecule has 0 bridgehead atoms. The lowest BCUT2D eigenvalue weighted by atomic mass is 9.97. The van der Waals surface area contributed by atoms with E-state index in [2.05, 4.69) is 22.9 Å². The highest BCUT2D eigenvalue weighted by Gasteiger charge is 2.43. The Morgan fingerprint density at radius 2 is 1.74 bits per heavy atom. The summed E-state index contributed by atoms with van der Waals surface area (Å²) in [5.41, 5.74) is 2.09. The number of hydrogen-bond acceptors (Lipinski definition) is 6. The summed E-state index contributed by atoms with van der Waals surface area (Å²) in [5.74, 6) is 1.66. The van der Waals surface area contributed by atoms with Crippen molar-refractivity contribution in [2.24, 2.45) is 0 Å². The highest BCUT2D eigenvalue weighted by atomic mass is 79.9. The molecule has 0 aliphatic carbocycles. The predicted molar refractivity (Wildman–Crippen MR) is 153 cm³/mol. The lowest BCUT2D eigenvalue weighted by Gasteiger charge is -2.26. The highest BCUT2D eigenvalue weighted by molar-refractivity contribution is 9.10. The molecular weight excluding hydrogens is 562 g/mol. The monoisotopic (exact) mass is 591 g/mol. The van der Waals surface area contributed by atoms with Crippen molar-refractivity contribution in [2.45, 2.75) is 39.3 Å². The number of halogens is 1. The van der Waals surface area contributed by atoms with E-state index in [9.17, 15) is 9.59 Å². The van der Waals surface area contributed by atoms with Crippen LogP contribution in [0.1, 0.15) is 60.0 Å². The second-order valence-corrected chi connectivity index (χ2v) is 10.3. The molecule has 8 heteroatoms. The number of benzene rings is 3. The Labute approximate surface area is 235 Å². The van der Waals surface area contributed by atoms with Gasteiger partial charge in [0.2, 0.25) is 5.76 Å². The molecule has 5 rings (SSSR count). The zero-order valence-electron chi connectivity index (χ0n) is 22.2. The Morgan fingerprint density at radius 3 is 2.46 bits per heavy atom. The molecule has 1 aromatic heterocycles. The van der Waals surface area contributed by atoms with Gasteiger partial charge >= 0.3 is 0 Å². The van der Waals surface area contributed by atoms with Crippen molar-refractivity contribution in [3.8, 4) is 17.2 Å². The van der Waals surface area contributed by atoms with Gasteiger partial charge in [-0.25, -0.2) is 0 Å². The molecule has 39 heavy (non-hydrogen) atoms. The number of hydrogen-bond donors (Lipinski definition) is 0. The van der Waals surface area contributed by atoms with E-state index in [0.717, 1.165) is 34.2 Å². The smallest absolute Gasteiger partial charge is 0.291 e. The van der Waals surface area contributed by atoms with Crippen molar-refractivity contribution in [3.05, 3.63) is 97.8 Å². The average Bonchev–Trinajstić information content (AvgIpc) is 3.22. The molecule has 7 nitrogen and oxygen atoms in total. The van der Waals surface area contributed by atoms with E-state index in [4.69, 9.17) is 18.6 Å². The van der Waals surface area contributed by atoms with Gasteiger partial charge in [-0.1, -0.05) is 47.5 Å². The van der Waals surface area contributed by atoms with E-state index in [0.29, 0.717) is 41.2 Å². The van der Waals surface area contributed by atoms with E-state index >= 15 is 0 Å². The van der Waals surface area contributed by atoms with E-state index in [1.165, 1.54) is 0 Å². The number of carbonyl (C=O) groups is 1. The van der Waals surface area contributed by atoms with Gasteiger partial charge in [-0.2, -0.15) is 0 Å². The van der Waals surface area contributed by atoms with Crippen molar-refractivity contribution in [2.75, 3.05) is 20.3 Å².